The van der Waals surface area contributed by atoms with E-state index in [4.69, 9.17) is 4.98 Å². The van der Waals surface area contributed by atoms with Crippen molar-refractivity contribution in [1.82, 2.24) is 4.98 Å². The summed E-state index contributed by atoms with van der Waals surface area (Å²) in [5.41, 5.74) is 8.04. The smallest absolute Gasteiger partial charge is 0.228 e. The number of hydrogen-bond donors (Lipinski definition) is 1. The normalized spacial score (nSPS) is 10.9. The van der Waals surface area contributed by atoms with Gasteiger partial charge in [0, 0.05) is 16.8 Å². The molecule has 0 spiro atoms. The summed E-state index contributed by atoms with van der Waals surface area (Å²) in [4.78, 5) is 17.8. The number of rotatable bonds is 4. The summed E-state index contributed by atoms with van der Waals surface area (Å²) in [5.74, 6) is -0.0314. The van der Waals surface area contributed by atoms with Crippen LogP contribution in [0.4, 0.5) is 5.69 Å². The maximum atomic E-state index is 13.0. The number of aromatic nitrogens is 1. The Morgan fingerprint density at radius 2 is 1.62 bits per heavy atom. The van der Waals surface area contributed by atoms with Crippen LogP contribution in [0.3, 0.4) is 0 Å². The van der Waals surface area contributed by atoms with Crippen molar-refractivity contribution in [3.63, 3.8) is 0 Å². The van der Waals surface area contributed by atoms with Gasteiger partial charge >= 0.3 is 0 Å². The second-order valence-electron chi connectivity index (χ2n) is 7.48. The van der Waals surface area contributed by atoms with Crippen LogP contribution in [0, 0.1) is 20.8 Å². The lowest BCUT2D eigenvalue weighted by Crippen LogP contribution is -2.17. The first-order valence-electron chi connectivity index (χ1n) is 9.83. The number of para-hydroxylation sites is 1. The number of anilines is 1. The number of hydrogen-bond acceptors (Lipinski definition) is 2. The third kappa shape index (κ3) is 3.90. The first-order chi connectivity index (χ1) is 14.0. The van der Waals surface area contributed by atoms with Gasteiger partial charge in [0.1, 0.15) is 0 Å². The molecule has 0 unspecified atom stereocenters. The van der Waals surface area contributed by atoms with Crippen molar-refractivity contribution < 1.29 is 4.79 Å². The van der Waals surface area contributed by atoms with Crippen LogP contribution in [-0.4, -0.2) is 10.9 Å². The van der Waals surface area contributed by atoms with Crippen LogP contribution >= 0.6 is 0 Å². The Labute approximate surface area is 171 Å². The van der Waals surface area contributed by atoms with Crippen LogP contribution in [-0.2, 0) is 11.2 Å². The van der Waals surface area contributed by atoms with Crippen LogP contribution in [0.1, 0.15) is 22.4 Å². The van der Waals surface area contributed by atoms with Gasteiger partial charge in [-0.25, -0.2) is 0 Å². The van der Waals surface area contributed by atoms with Crippen LogP contribution in [0.2, 0.25) is 0 Å². The lowest BCUT2D eigenvalue weighted by molar-refractivity contribution is -0.115. The number of amides is 1. The minimum atomic E-state index is -0.0314. The summed E-state index contributed by atoms with van der Waals surface area (Å²) < 4.78 is 0. The molecule has 4 rings (SSSR count). The molecule has 0 aliphatic heterocycles. The average Bonchev–Trinajstić information content (AvgIpc) is 2.72. The number of nitrogens with one attached hydrogen (secondary N) is 1. The number of fused-ring (bicyclic) bond motifs is 1. The highest BCUT2D eigenvalue weighted by atomic mass is 16.1. The van der Waals surface area contributed by atoms with Gasteiger partial charge in [0.2, 0.25) is 5.91 Å². The van der Waals surface area contributed by atoms with E-state index in [2.05, 4.69) is 29.6 Å². The molecule has 0 saturated carbocycles. The number of carbonyl (C=O) groups is 1. The standard InChI is InChI=1S/C26H24N2O/c1-17-13-14-18(2)24(15-17)28-25(29)16-22-19(3)27-23-12-8-7-11-21(23)26(22)20-9-5-4-6-10-20/h4-15H,16H2,1-3H3,(H,28,29). The van der Waals surface area contributed by atoms with Crippen molar-refractivity contribution in [2.45, 2.75) is 27.2 Å². The van der Waals surface area contributed by atoms with Gasteiger partial charge in [-0.2, -0.15) is 0 Å². The van der Waals surface area contributed by atoms with Crippen LogP contribution in [0.25, 0.3) is 22.0 Å². The molecule has 3 heteroatoms. The predicted octanol–water partition coefficient (Wildman–Crippen LogP) is 6.01. The highest BCUT2D eigenvalue weighted by Gasteiger charge is 2.17. The predicted molar refractivity (Wildman–Crippen MR) is 120 cm³/mol. The van der Waals surface area contributed by atoms with Gasteiger partial charge < -0.3 is 5.32 Å². The average molecular weight is 380 g/mol. The van der Waals surface area contributed by atoms with E-state index in [0.29, 0.717) is 0 Å². The number of nitrogens with zero attached hydrogens (tertiary/aromatic N) is 1. The van der Waals surface area contributed by atoms with Crippen molar-refractivity contribution in [2.75, 3.05) is 5.32 Å². The fraction of sp³-hybridized carbons (Fsp3) is 0.154. The third-order valence-electron chi connectivity index (χ3n) is 5.27. The zero-order chi connectivity index (χ0) is 20.4. The number of benzene rings is 3. The largest absolute Gasteiger partial charge is 0.326 e. The highest BCUT2D eigenvalue weighted by Crippen LogP contribution is 2.33. The van der Waals surface area contributed by atoms with Gasteiger partial charge in [-0.3, -0.25) is 9.78 Å². The van der Waals surface area contributed by atoms with Gasteiger partial charge in [0.25, 0.3) is 0 Å². The Bertz CT molecular complexity index is 1200. The van der Waals surface area contributed by atoms with Crippen LogP contribution in [0.15, 0.2) is 72.8 Å². The second kappa shape index (κ2) is 7.88. The molecule has 4 aromatic rings. The zero-order valence-electron chi connectivity index (χ0n) is 17.0. The molecule has 1 heterocycles. The second-order valence-corrected chi connectivity index (χ2v) is 7.48. The summed E-state index contributed by atoms with van der Waals surface area (Å²) >= 11 is 0. The van der Waals surface area contributed by atoms with E-state index in [1.54, 1.807) is 0 Å². The van der Waals surface area contributed by atoms with Crippen LogP contribution < -0.4 is 5.32 Å². The van der Waals surface area contributed by atoms with Gasteiger partial charge in [-0.1, -0.05) is 60.7 Å². The van der Waals surface area contributed by atoms with Crippen molar-refractivity contribution >= 4 is 22.5 Å². The minimum Gasteiger partial charge on any atom is -0.326 e. The minimum absolute atomic E-state index is 0.0314. The van der Waals surface area contributed by atoms with Crippen LogP contribution in [0.5, 0.6) is 0 Å². The molecule has 1 aromatic heterocycles. The molecule has 0 fully saturated rings. The Balaban J connectivity index is 1.78. The third-order valence-corrected chi connectivity index (χ3v) is 5.27. The number of pyridine rings is 1. The Morgan fingerprint density at radius 1 is 0.897 bits per heavy atom. The molecule has 144 valence electrons. The van der Waals surface area contributed by atoms with Gasteiger partial charge in [-0.05, 0) is 60.7 Å². The van der Waals surface area contributed by atoms with Crippen molar-refractivity contribution in [3.05, 3.63) is 95.2 Å². The molecule has 0 aliphatic rings. The Kier molecular flexibility index (Phi) is 5.13. The summed E-state index contributed by atoms with van der Waals surface area (Å²) in [6, 6.07) is 24.5. The first kappa shape index (κ1) is 18.9. The molecule has 0 saturated heterocycles. The summed E-state index contributed by atoms with van der Waals surface area (Å²) in [5, 5.41) is 4.16. The fourth-order valence-corrected chi connectivity index (χ4v) is 3.75. The Hall–Kier alpha value is -3.46. The van der Waals surface area contributed by atoms with Crippen molar-refractivity contribution in [3.8, 4) is 11.1 Å². The van der Waals surface area contributed by atoms with E-state index in [9.17, 15) is 4.79 Å². The van der Waals surface area contributed by atoms with E-state index >= 15 is 0 Å². The molecule has 1 N–H and O–H groups in total. The molecule has 3 nitrogen and oxygen atoms in total. The van der Waals surface area contributed by atoms with Crippen molar-refractivity contribution in [1.29, 1.82) is 0 Å². The maximum absolute atomic E-state index is 13.0. The summed E-state index contributed by atoms with van der Waals surface area (Å²) in [7, 11) is 0. The summed E-state index contributed by atoms with van der Waals surface area (Å²) in [6.45, 7) is 6.02. The van der Waals surface area contributed by atoms with E-state index < -0.39 is 0 Å². The number of carbonyl (C=O) groups excluding carboxylic acids is 1. The lowest BCUT2D eigenvalue weighted by Gasteiger charge is -2.16. The topological polar surface area (TPSA) is 42.0 Å². The molecule has 29 heavy (non-hydrogen) atoms. The van der Waals surface area contributed by atoms with Crippen molar-refractivity contribution in [2.24, 2.45) is 0 Å². The molecule has 1 amide bonds. The molecular weight excluding hydrogens is 356 g/mol. The van der Waals surface area contributed by atoms with Gasteiger partial charge in [-0.15, -0.1) is 0 Å². The quantitative estimate of drug-likeness (QED) is 0.471. The molecule has 0 aliphatic carbocycles. The Morgan fingerprint density at radius 3 is 2.41 bits per heavy atom. The van der Waals surface area contributed by atoms with Gasteiger partial charge in [0.15, 0.2) is 0 Å². The number of aryl methyl sites for hydroxylation is 3. The first-order valence-corrected chi connectivity index (χ1v) is 9.83. The molecular formula is C26H24N2O. The summed E-state index contributed by atoms with van der Waals surface area (Å²) in [6.07, 6.45) is 0.279. The molecule has 0 atom stereocenters. The van der Waals surface area contributed by atoms with E-state index in [1.807, 2.05) is 69.3 Å². The molecule has 0 bridgehead atoms. The highest BCUT2D eigenvalue weighted by molar-refractivity contribution is 6.00. The SMILES string of the molecule is Cc1ccc(C)c(NC(=O)Cc2c(C)nc3ccccc3c2-c2ccccc2)c1. The maximum Gasteiger partial charge on any atom is 0.228 e. The monoisotopic (exact) mass is 380 g/mol. The van der Waals surface area contributed by atoms with E-state index in [-0.39, 0.29) is 12.3 Å². The lowest BCUT2D eigenvalue weighted by atomic mass is 9.92. The zero-order valence-corrected chi connectivity index (χ0v) is 17.0. The van der Waals surface area contributed by atoms with Gasteiger partial charge in [0.05, 0.1) is 11.9 Å². The molecule has 0 radical (unpaired) electrons. The fourth-order valence-electron chi connectivity index (χ4n) is 3.75. The molecule has 3 aromatic carbocycles. The van der Waals surface area contributed by atoms with E-state index in [1.165, 1.54) is 0 Å². The van der Waals surface area contributed by atoms with E-state index in [0.717, 1.165) is 50.1 Å².